The number of carbonyl (C=O) groups is 1. The van der Waals surface area contributed by atoms with Gasteiger partial charge < -0.3 is 9.64 Å². The first-order valence-electron chi connectivity index (χ1n) is 11.1. The van der Waals surface area contributed by atoms with E-state index in [1.165, 1.54) is 11.0 Å². The number of halogens is 2. The molecule has 8 nitrogen and oxygen atoms in total. The summed E-state index contributed by atoms with van der Waals surface area (Å²) in [5.74, 6) is -1.57. The highest BCUT2D eigenvalue weighted by Crippen LogP contribution is 2.44. The number of likely N-dealkylation sites (tertiary alicyclic amines) is 1. The van der Waals surface area contributed by atoms with Crippen LogP contribution in [0.15, 0.2) is 55.0 Å². The van der Waals surface area contributed by atoms with Gasteiger partial charge in [0.15, 0.2) is 11.6 Å². The number of piperidine rings is 1. The van der Waals surface area contributed by atoms with Crippen LogP contribution in [0.1, 0.15) is 30.1 Å². The van der Waals surface area contributed by atoms with Crippen LogP contribution >= 0.6 is 0 Å². The van der Waals surface area contributed by atoms with E-state index in [2.05, 4.69) is 27.1 Å². The Kier molecular flexibility index (Phi) is 4.75. The lowest BCUT2D eigenvalue weighted by molar-refractivity contribution is 0.0314. The molecule has 2 aromatic heterocycles. The Morgan fingerprint density at radius 3 is 2.56 bits per heavy atom. The Hall–Kier alpha value is -3.95. The Labute approximate surface area is 193 Å². The maximum Gasteiger partial charge on any atom is 0.256 e. The van der Waals surface area contributed by atoms with E-state index in [0.717, 1.165) is 25.0 Å². The van der Waals surface area contributed by atoms with Crippen LogP contribution < -0.4 is 4.74 Å². The predicted molar refractivity (Wildman–Crippen MR) is 117 cm³/mol. The van der Waals surface area contributed by atoms with Crippen molar-refractivity contribution in [1.82, 2.24) is 29.9 Å². The standard InChI is InChI=1S/C24H20F2N6O2/c1-13-14-8-21(31(13)24(33)15-4-2-3-5-20(15)32-28-6-7-29-32)22(9-14)34-23-12-27-18-10-16(25)17(26)11-19(18)30-23/h2-7,10-14,21-22H,8-9H2,1H3/t13-,14-,21+,22-/m1/s1. The molecule has 4 atom stereocenters. The molecular formula is C24H20F2N6O2. The highest BCUT2D eigenvalue weighted by atomic mass is 19.2. The highest BCUT2D eigenvalue weighted by molar-refractivity contribution is 5.98. The van der Waals surface area contributed by atoms with Gasteiger partial charge in [-0.25, -0.2) is 18.7 Å². The van der Waals surface area contributed by atoms with Crippen molar-refractivity contribution in [3.63, 3.8) is 0 Å². The number of fused-ring (bicyclic) bond motifs is 3. The summed E-state index contributed by atoms with van der Waals surface area (Å²) in [5.41, 5.74) is 1.58. The number of hydrogen-bond acceptors (Lipinski definition) is 6. The van der Waals surface area contributed by atoms with Crippen LogP contribution in [0.25, 0.3) is 16.7 Å². The molecule has 6 rings (SSSR count). The summed E-state index contributed by atoms with van der Waals surface area (Å²) >= 11 is 0. The maximum absolute atomic E-state index is 13.7. The van der Waals surface area contributed by atoms with Crippen molar-refractivity contribution in [3.8, 4) is 11.6 Å². The fourth-order valence-corrected chi connectivity index (χ4v) is 5.20. The van der Waals surface area contributed by atoms with E-state index in [9.17, 15) is 13.6 Å². The van der Waals surface area contributed by atoms with Gasteiger partial charge in [0, 0.05) is 18.2 Å². The van der Waals surface area contributed by atoms with Crippen molar-refractivity contribution in [2.75, 3.05) is 0 Å². The largest absolute Gasteiger partial charge is 0.471 e. The minimum Gasteiger partial charge on any atom is -0.471 e. The number of benzene rings is 2. The highest BCUT2D eigenvalue weighted by Gasteiger charge is 2.53. The van der Waals surface area contributed by atoms with Crippen molar-refractivity contribution in [2.24, 2.45) is 5.92 Å². The van der Waals surface area contributed by atoms with Gasteiger partial charge in [0.2, 0.25) is 5.88 Å². The Bertz CT molecular complexity index is 1400. The summed E-state index contributed by atoms with van der Waals surface area (Å²) in [5, 5.41) is 8.35. The zero-order valence-corrected chi connectivity index (χ0v) is 18.2. The third-order valence-corrected chi connectivity index (χ3v) is 6.82. The van der Waals surface area contributed by atoms with Gasteiger partial charge in [-0.15, -0.1) is 0 Å². The van der Waals surface area contributed by atoms with Crippen molar-refractivity contribution in [3.05, 3.63) is 72.2 Å². The summed E-state index contributed by atoms with van der Waals surface area (Å²) in [6, 6.07) is 9.17. The Balaban J connectivity index is 1.28. The Morgan fingerprint density at radius 1 is 1.06 bits per heavy atom. The average molecular weight is 462 g/mol. The van der Waals surface area contributed by atoms with E-state index < -0.39 is 11.6 Å². The number of aromatic nitrogens is 5. The first-order chi connectivity index (χ1) is 16.5. The summed E-state index contributed by atoms with van der Waals surface area (Å²) in [6.07, 6.45) is 5.85. The molecule has 0 N–H and O–H groups in total. The minimum absolute atomic E-state index is 0.0516. The average Bonchev–Trinajstić information content (AvgIpc) is 3.57. The summed E-state index contributed by atoms with van der Waals surface area (Å²) in [4.78, 5) is 25.5. The van der Waals surface area contributed by atoms with Gasteiger partial charge in [-0.3, -0.25) is 4.79 Å². The van der Waals surface area contributed by atoms with Gasteiger partial charge in [0.1, 0.15) is 6.10 Å². The molecule has 1 saturated heterocycles. The van der Waals surface area contributed by atoms with Gasteiger partial charge in [-0.05, 0) is 37.8 Å². The molecule has 0 spiro atoms. The van der Waals surface area contributed by atoms with Crippen molar-refractivity contribution in [1.29, 1.82) is 0 Å². The number of nitrogens with zero attached hydrogens (tertiary/aromatic N) is 6. The third-order valence-electron chi connectivity index (χ3n) is 6.82. The van der Waals surface area contributed by atoms with Crippen LogP contribution in [-0.4, -0.2) is 54.0 Å². The molecule has 2 aromatic carbocycles. The van der Waals surface area contributed by atoms with Crippen LogP contribution in [0.3, 0.4) is 0 Å². The smallest absolute Gasteiger partial charge is 0.256 e. The lowest BCUT2D eigenvalue weighted by Crippen LogP contribution is -2.51. The number of amides is 1. The zero-order valence-electron chi connectivity index (χ0n) is 18.2. The summed E-state index contributed by atoms with van der Waals surface area (Å²) in [6.45, 7) is 2.06. The second-order valence-electron chi connectivity index (χ2n) is 8.71. The van der Waals surface area contributed by atoms with E-state index >= 15 is 0 Å². The molecule has 4 aromatic rings. The van der Waals surface area contributed by atoms with Crippen LogP contribution in [-0.2, 0) is 0 Å². The van der Waals surface area contributed by atoms with Crippen molar-refractivity contribution < 1.29 is 18.3 Å². The molecule has 2 aliphatic rings. The van der Waals surface area contributed by atoms with Crippen LogP contribution in [0.4, 0.5) is 8.78 Å². The number of hydrogen-bond donors (Lipinski definition) is 0. The first-order valence-corrected chi connectivity index (χ1v) is 11.1. The molecule has 34 heavy (non-hydrogen) atoms. The molecular weight excluding hydrogens is 442 g/mol. The van der Waals surface area contributed by atoms with Gasteiger partial charge in [0.05, 0.1) is 46.9 Å². The van der Waals surface area contributed by atoms with Crippen LogP contribution in [0.5, 0.6) is 5.88 Å². The lowest BCUT2D eigenvalue weighted by atomic mass is 9.98. The monoisotopic (exact) mass is 462 g/mol. The number of ether oxygens (including phenoxy) is 1. The van der Waals surface area contributed by atoms with E-state index in [1.54, 1.807) is 18.5 Å². The molecule has 0 radical (unpaired) electrons. The second-order valence-corrected chi connectivity index (χ2v) is 8.71. The first kappa shape index (κ1) is 20.6. The van der Waals surface area contributed by atoms with Gasteiger partial charge in [0.25, 0.3) is 5.91 Å². The Morgan fingerprint density at radius 2 is 1.79 bits per heavy atom. The predicted octanol–water partition coefficient (Wildman–Crippen LogP) is 3.56. The van der Waals surface area contributed by atoms with Crippen molar-refractivity contribution >= 4 is 16.9 Å². The molecule has 1 aliphatic carbocycles. The summed E-state index contributed by atoms with van der Waals surface area (Å²) in [7, 11) is 0. The van der Waals surface area contributed by atoms with Gasteiger partial charge in [-0.1, -0.05) is 12.1 Å². The number of carbonyl (C=O) groups excluding carboxylic acids is 1. The lowest BCUT2D eigenvalue weighted by Gasteiger charge is -2.37. The molecule has 172 valence electrons. The molecule has 3 heterocycles. The maximum atomic E-state index is 13.7. The normalized spacial score (nSPS) is 23.6. The molecule has 1 aliphatic heterocycles. The van der Waals surface area contributed by atoms with Crippen molar-refractivity contribution in [2.45, 2.75) is 38.0 Å². The summed E-state index contributed by atoms with van der Waals surface area (Å²) < 4.78 is 33.3. The molecule has 2 bridgehead atoms. The molecule has 1 amide bonds. The fraction of sp³-hybridized carbons (Fsp3) is 0.292. The van der Waals surface area contributed by atoms with E-state index in [-0.39, 0.29) is 46.9 Å². The number of rotatable bonds is 4. The van der Waals surface area contributed by atoms with E-state index in [4.69, 9.17) is 4.74 Å². The quantitative estimate of drug-likeness (QED) is 0.461. The van der Waals surface area contributed by atoms with Gasteiger partial charge in [-0.2, -0.15) is 15.0 Å². The van der Waals surface area contributed by atoms with Crippen LogP contribution in [0.2, 0.25) is 0 Å². The fourth-order valence-electron chi connectivity index (χ4n) is 5.20. The van der Waals surface area contributed by atoms with Gasteiger partial charge >= 0.3 is 0 Å². The molecule has 10 heteroatoms. The topological polar surface area (TPSA) is 86.0 Å². The van der Waals surface area contributed by atoms with Crippen LogP contribution in [0, 0.1) is 17.6 Å². The molecule has 1 saturated carbocycles. The minimum atomic E-state index is -0.991. The van der Waals surface area contributed by atoms with E-state index in [1.807, 2.05) is 23.1 Å². The second kappa shape index (κ2) is 7.82. The number of para-hydroxylation sites is 1. The molecule has 2 fully saturated rings. The zero-order chi connectivity index (χ0) is 23.4. The molecule has 0 unspecified atom stereocenters. The van der Waals surface area contributed by atoms with E-state index in [0.29, 0.717) is 11.3 Å². The SMILES string of the molecule is C[C@@H]1[C@H]2C[C@@H](Oc3cnc4cc(F)c(F)cc4n3)[C@H](C2)N1C(=O)c1ccccc1-n1nccn1. The third kappa shape index (κ3) is 3.28.